The van der Waals surface area contributed by atoms with Gasteiger partial charge in [-0.15, -0.1) is 0 Å². The Balaban J connectivity index is 4.33. The average molecular weight is 1090 g/mol. The second kappa shape index (κ2) is 65.8. The van der Waals surface area contributed by atoms with Gasteiger partial charge in [0.1, 0.15) is 13.2 Å². The van der Waals surface area contributed by atoms with Gasteiger partial charge in [0.25, 0.3) is 0 Å². The van der Waals surface area contributed by atoms with Crippen molar-refractivity contribution in [2.75, 3.05) is 13.2 Å². The van der Waals surface area contributed by atoms with Gasteiger partial charge in [0, 0.05) is 19.3 Å². The Morgan fingerprint density at radius 3 is 0.772 bits per heavy atom. The SMILES string of the molecule is CC/C=C\C/C=C\C/C=C\C/C=C\C/C=C\C/C=C\C/C=C\C/C=C\C/C=C\CCCCCCCC(=O)OCC(COC(=O)CCCCCCCCCCCCCCC)OC(=O)CCCCCCC/C=C\C/C=C\C/C=C\CC. The highest BCUT2D eigenvalue weighted by molar-refractivity contribution is 5.71. The largest absolute Gasteiger partial charge is 0.462 e. The lowest BCUT2D eigenvalue weighted by Crippen LogP contribution is -2.30. The summed E-state index contributed by atoms with van der Waals surface area (Å²) in [4.78, 5) is 38.3. The monoisotopic (exact) mass is 1090 g/mol. The maximum absolute atomic E-state index is 12.9. The van der Waals surface area contributed by atoms with E-state index in [4.69, 9.17) is 14.2 Å². The van der Waals surface area contributed by atoms with Crippen LogP contribution >= 0.6 is 0 Å². The van der Waals surface area contributed by atoms with Crippen LogP contribution in [0.4, 0.5) is 0 Å². The molecule has 6 heteroatoms. The Morgan fingerprint density at radius 2 is 0.494 bits per heavy atom. The maximum Gasteiger partial charge on any atom is 0.306 e. The van der Waals surface area contributed by atoms with Crippen molar-refractivity contribution < 1.29 is 28.6 Å². The molecule has 79 heavy (non-hydrogen) atoms. The highest BCUT2D eigenvalue weighted by atomic mass is 16.6. The Bertz CT molecular complexity index is 1730. The van der Waals surface area contributed by atoms with Gasteiger partial charge < -0.3 is 14.2 Å². The van der Waals surface area contributed by atoms with E-state index in [9.17, 15) is 14.4 Å². The third-order valence-electron chi connectivity index (χ3n) is 13.3. The smallest absolute Gasteiger partial charge is 0.306 e. The molecule has 0 aromatic heterocycles. The average Bonchev–Trinajstić information content (AvgIpc) is 3.45. The lowest BCUT2D eigenvalue weighted by atomic mass is 10.0. The minimum atomic E-state index is -0.800. The van der Waals surface area contributed by atoms with Gasteiger partial charge in [-0.3, -0.25) is 14.4 Å². The van der Waals surface area contributed by atoms with Gasteiger partial charge in [-0.05, 0) is 122 Å². The van der Waals surface area contributed by atoms with Crippen molar-refractivity contribution >= 4 is 17.9 Å². The van der Waals surface area contributed by atoms with Crippen LogP contribution in [0.5, 0.6) is 0 Å². The Hall–Kier alpha value is -4.71. The predicted octanol–water partition coefficient (Wildman–Crippen LogP) is 22.3. The first-order chi connectivity index (χ1) is 39.0. The predicted molar refractivity (Wildman–Crippen MR) is 343 cm³/mol. The van der Waals surface area contributed by atoms with Gasteiger partial charge in [-0.1, -0.05) is 282 Å². The van der Waals surface area contributed by atoms with Crippen molar-refractivity contribution in [2.24, 2.45) is 0 Å². The minimum absolute atomic E-state index is 0.0933. The zero-order valence-electron chi connectivity index (χ0n) is 51.1. The highest BCUT2D eigenvalue weighted by Gasteiger charge is 2.19. The Morgan fingerprint density at radius 1 is 0.266 bits per heavy atom. The van der Waals surface area contributed by atoms with Crippen LogP contribution in [-0.2, 0) is 28.6 Å². The summed E-state index contributed by atoms with van der Waals surface area (Å²) in [6, 6.07) is 0. The lowest BCUT2D eigenvalue weighted by Gasteiger charge is -2.18. The van der Waals surface area contributed by atoms with E-state index in [1.165, 1.54) is 64.2 Å². The molecule has 0 aromatic rings. The molecule has 0 saturated carbocycles. The van der Waals surface area contributed by atoms with Crippen molar-refractivity contribution in [3.05, 3.63) is 146 Å². The standard InChI is InChI=1S/C73H118O6/c1-4-7-10-13-16-19-22-25-27-28-29-30-31-32-33-34-35-36-37-38-39-40-41-42-43-44-46-48-51-54-57-60-63-66-72(75)78-69-70(68-77-71(74)65-62-59-56-53-50-47-24-21-18-15-12-9-6-3)79-73(76)67-64-61-58-55-52-49-45-26-23-20-17-14-11-8-5-2/h7-8,10-11,16-17,19-20,25-27,29-30,32-33,35-36,38-39,41-42,44-46,70H,4-6,9,12-15,18,21-24,28,31,34,37,40,43,47-69H2,1-3H3/b10-7-,11-8-,19-16-,20-17-,27-25-,30-29-,33-32-,36-35-,39-38-,42-41-,45-26-,46-44-. The number of hydrogen-bond donors (Lipinski definition) is 0. The normalized spacial score (nSPS) is 13.1. The van der Waals surface area contributed by atoms with Crippen LogP contribution in [0, 0.1) is 0 Å². The fraction of sp³-hybridized carbons (Fsp3) is 0.630. The quantitative estimate of drug-likeness (QED) is 0.0261. The van der Waals surface area contributed by atoms with Crippen LogP contribution in [0.3, 0.4) is 0 Å². The summed E-state index contributed by atoms with van der Waals surface area (Å²) < 4.78 is 16.9. The van der Waals surface area contributed by atoms with Crippen molar-refractivity contribution in [3.8, 4) is 0 Å². The van der Waals surface area contributed by atoms with E-state index >= 15 is 0 Å². The van der Waals surface area contributed by atoms with E-state index < -0.39 is 6.10 Å². The molecule has 0 aromatic carbocycles. The summed E-state index contributed by atoms with van der Waals surface area (Å²) in [5, 5.41) is 0. The molecular formula is C73H118O6. The third-order valence-corrected chi connectivity index (χ3v) is 13.3. The molecule has 0 aliphatic rings. The molecule has 0 fully saturated rings. The van der Waals surface area contributed by atoms with E-state index in [1.54, 1.807) is 0 Å². The van der Waals surface area contributed by atoms with E-state index in [0.717, 1.165) is 173 Å². The number of rotatable bonds is 57. The number of esters is 3. The van der Waals surface area contributed by atoms with Crippen LogP contribution in [-0.4, -0.2) is 37.2 Å². The first-order valence-corrected chi connectivity index (χ1v) is 32.3. The molecule has 1 atom stereocenters. The minimum Gasteiger partial charge on any atom is -0.462 e. The molecule has 446 valence electrons. The molecule has 0 heterocycles. The van der Waals surface area contributed by atoms with Gasteiger partial charge in [-0.2, -0.15) is 0 Å². The van der Waals surface area contributed by atoms with Gasteiger partial charge in [0.2, 0.25) is 0 Å². The second-order valence-electron chi connectivity index (χ2n) is 20.9. The fourth-order valence-electron chi connectivity index (χ4n) is 8.57. The first-order valence-electron chi connectivity index (χ1n) is 32.3. The summed E-state index contributed by atoms with van der Waals surface area (Å²) in [6.45, 7) is 6.39. The zero-order valence-corrected chi connectivity index (χ0v) is 51.1. The van der Waals surface area contributed by atoms with Crippen LogP contribution in [0.25, 0.3) is 0 Å². The number of ether oxygens (including phenoxy) is 3. The summed E-state index contributed by atoms with van der Waals surface area (Å²) in [5.41, 5.74) is 0. The molecule has 0 N–H and O–H groups in total. The van der Waals surface area contributed by atoms with Crippen LogP contribution in [0.2, 0.25) is 0 Å². The molecule has 0 radical (unpaired) electrons. The van der Waals surface area contributed by atoms with E-state index in [2.05, 4.69) is 167 Å². The number of carbonyl (C=O) groups is 3. The molecule has 0 aliphatic heterocycles. The molecule has 0 rings (SSSR count). The second-order valence-corrected chi connectivity index (χ2v) is 20.9. The van der Waals surface area contributed by atoms with Crippen molar-refractivity contribution in [3.63, 3.8) is 0 Å². The number of unbranched alkanes of at least 4 members (excludes halogenated alkanes) is 22. The Kier molecular flexibility index (Phi) is 61.9. The highest BCUT2D eigenvalue weighted by Crippen LogP contribution is 2.15. The molecule has 6 nitrogen and oxygen atoms in total. The topological polar surface area (TPSA) is 78.9 Å². The van der Waals surface area contributed by atoms with Crippen molar-refractivity contribution in [2.45, 2.75) is 284 Å². The molecule has 0 bridgehead atoms. The summed E-state index contributed by atoms with van der Waals surface area (Å²) in [5.74, 6) is -0.930. The summed E-state index contributed by atoms with van der Waals surface area (Å²) >= 11 is 0. The third kappa shape index (κ3) is 64.0. The lowest BCUT2D eigenvalue weighted by molar-refractivity contribution is -0.167. The summed E-state index contributed by atoms with van der Waals surface area (Å²) in [7, 11) is 0. The molecule has 0 aliphatic carbocycles. The number of carbonyl (C=O) groups excluding carboxylic acids is 3. The molecule has 0 saturated heterocycles. The van der Waals surface area contributed by atoms with Crippen molar-refractivity contribution in [1.82, 2.24) is 0 Å². The van der Waals surface area contributed by atoms with E-state index in [0.29, 0.717) is 19.3 Å². The van der Waals surface area contributed by atoms with E-state index in [-0.39, 0.29) is 31.1 Å². The first kappa shape index (κ1) is 74.3. The molecule has 0 spiro atoms. The fourth-order valence-corrected chi connectivity index (χ4v) is 8.57. The summed E-state index contributed by atoms with van der Waals surface area (Å²) in [6.07, 6.45) is 94.3. The molecular weight excluding hydrogens is 973 g/mol. The van der Waals surface area contributed by atoms with Gasteiger partial charge in [0.05, 0.1) is 0 Å². The number of hydrogen-bond acceptors (Lipinski definition) is 6. The molecule has 0 amide bonds. The number of allylic oxidation sites excluding steroid dienone is 24. The van der Waals surface area contributed by atoms with Gasteiger partial charge >= 0.3 is 17.9 Å². The zero-order chi connectivity index (χ0) is 57.1. The maximum atomic E-state index is 12.9. The van der Waals surface area contributed by atoms with Gasteiger partial charge in [0.15, 0.2) is 6.10 Å². The molecule has 1 unspecified atom stereocenters. The van der Waals surface area contributed by atoms with Crippen molar-refractivity contribution in [1.29, 1.82) is 0 Å². The van der Waals surface area contributed by atoms with Gasteiger partial charge in [-0.25, -0.2) is 0 Å². The Labute approximate surface area is 487 Å². The van der Waals surface area contributed by atoms with Crippen LogP contribution in [0.15, 0.2) is 146 Å². The van der Waals surface area contributed by atoms with Crippen LogP contribution in [0.1, 0.15) is 278 Å². The van der Waals surface area contributed by atoms with Crippen LogP contribution < -0.4 is 0 Å². The van der Waals surface area contributed by atoms with E-state index in [1.807, 2.05) is 0 Å².